The van der Waals surface area contributed by atoms with Gasteiger partial charge in [0.25, 0.3) is 0 Å². The molecule has 3 rings (SSSR count). The van der Waals surface area contributed by atoms with Crippen LogP contribution in [0.25, 0.3) is 11.0 Å². The van der Waals surface area contributed by atoms with Crippen LogP contribution < -0.4 is 10.2 Å². The molecule has 0 atom stereocenters. The van der Waals surface area contributed by atoms with Gasteiger partial charge in [-0.2, -0.15) is 5.10 Å². The number of H-pyrrole nitrogens is 1. The van der Waals surface area contributed by atoms with Crippen LogP contribution in [0.4, 0.5) is 5.95 Å². The van der Waals surface area contributed by atoms with Gasteiger partial charge in [-0.15, -0.1) is 0 Å². The molecule has 0 unspecified atom stereocenters. The number of ether oxygens (including phenoxy) is 1. The van der Waals surface area contributed by atoms with Crippen molar-refractivity contribution in [3.63, 3.8) is 0 Å². The number of benzene rings is 2. The summed E-state index contributed by atoms with van der Waals surface area (Å²) in [5.74, 6) is 1.28. The molecule has 0 aliphatic rings. The largest absolute Gasteiger partial charge is 0.507 e. The minimum atomic E-state index is 0.112. The van der Waals surface area contributed by atoms with Gasteiger partial charge in [0.15, 0.2) is 0 Å². The summed E-state index contributed by atoms with van der Waals surface area (Å²) >= 11 is 0. The van der Waals surface area contributed by atoms with Gasteiger partial charge in [0.05, 0.1) is 23.9 Å². The van der Waals surface area contributed by atoms with Gasteiger partial charge >= 0.3 is 0 Å². The number of hydrogen-bond acceptors (Lipinski definition) is 5. The maximum absolute atomic E-state index is 9.91. The quantitative estimate of drug-likeness (QED) is 0.499. The maximum Gasteiger partial charge on any atom is 0.222 e. The summed E-state index contributed by atoms with van der Waals surface area (Å²) in [6, 6.07) is 12.8. The SMILES string of the molecule is CCOc1ccc(C=NNc2nc3ccccc3[nH]2)c(O)c1. The number of phenolic OH excluding ortho intramolecular Hbond substituents is 1. The number of aromatic nitrogens is 2. The topological polar surface area (TPSA) is 82.5 Å². The average Bonchev–Trinajstić information content (AvgIpc) is 2.92. The molecule has 3 aromatic rings. The van der Waals surface area contributed by atoms with Crippen molar-refractivity contribution in [2.45, 2.75) is 6.92 Å². The van der Waals surface area contributed by atoms with Gasteiger partial charge in [0.2, 0.25) is 5.95 Å². The number of nitrogens with zero attached hydrogens (tertiary/aromatic N) is 2. The van der Waals surface area contributed by atoms with Crippen LogP contribution >= 0.6 is 0 Å². The standard InChI is InChI=1S/C16H16N4O2/c1-2-22-12-8-7-11(15(21)9-12)10-17-20-16-18-13-5-3-4-6-14(13)19-16/h3-10,21H,2H2,1H3,(H2,18,19,20). The number of hydrogen-bond donors (Lipinski definition) is 3. The highest BCUT2D eigenvalue weighted by atomic mass is 16.5. The second-order valence-electron chi connectivity index (χ2n) is 4.63. The Morgan fingerprint density at radius 3 is 2.95 bits per heavy atom. The van der Waals surface area contributed by atoms with Crippen LogP contribution in [0.5, 0.6) is 11.5 Å². The van der Waals surface area contributed by atoms with Gasteiger partial charge < -0.3 is 14.8 Å². The smallest absolute Gasteiger partial charge is 0.222 e. The fourth-order valence-electron chi connectivity index (χ4n) is 2.06. The summed E-state index contributed by atoms with van der Waals surface area (Å²) in [5.41, 5.74) is 5.20. The molecular formula is C16H16N4O2. The van der Waals surface area contributed by atoms with Gasteiger partial charge in [-0.1, -0.05) is 12.1 Å². The fourth-order valence-corrected chi connectivity index (χ4v) is 2.06. The lowest BCUT2D eigenvalue weighted by molar-refractivity contribution is 0.337. The van der Waals surface area contributed by atoms with Crippen LogP contribution in [0.1, 0.15) is 12.5 Å². The number of phenols is 1. The highest BCUT2D eigenvalue weighted by Crippen LogP contribution is 2.22. The highest BCUT2D eigenvalue weighted by molar-refractivity contribution is 5.84. The average molecular weight is 296 g/mol. The number of rotatable bonds is 5. The summed E-state index contributed by atoms with van der Waals surface area (Å²) in [4.78, 5) is 7.45. The third-order valence-corrected chi connectivity index (χ3v) is 3.08. The number of hydrazone groups is 1. The molecule has 0 saturated carbocycles. The highest BCUT2D eigenvalue weighted by Gasteiger charge is 2.02. The molecular weight excluding hydrogens is 280 g/mol. The predicted molar refractivity (Wildman–Crippen MR) is 86.6 cm³/mol. The molecule has 0 aliphatic carbocycles. The van der Waals surface area contributed by atoms with E-state index in [0.29, 0.717) is 23.9 Å². The van der Waals surface area contributed by atoms with E-state index in [1.54, 1.807) is 18.2 Å². The minimum Gasteiger partial charge on any atom is -0.507 e. The van der Waals surface area contributed by atoms with Crippen LogP contribution in [0.15, 0.2) is 47.6 Å². The summed E-state index contributed by atoms with van der Waals surface area (Å²) in [5, 5.41) is 14.0. The van der Waals surface area contributed by atoms with E-state index in [2.05, 4.69) is 20.5 Å². The van der Waals surface area contributed by atoms with E-state index in [-0.39, 0.29) is 5.75 Å². The monoisotopic (exact) mass is 296 g/mol. The van der Waals surface area contributed by atoms with Crippen molar-refractivity contribution in [3.8, 4) is 11.5 Å². The Morgan fingerprint density at radius 1 is 1.32 bits per heavy atom. The van der Waals surface area contributed by atoms with Crippen molar-refractivity contribution >= 4 is 23.2 Å². The van der Waals surface area contributed by atoms with Crippen molar-refractivity contribution in [2.75, 3.05) is 12.0 Å². The van der Waals surface area contributed by atoms with Crippen LogP contribution in [-0.4, -0.2) is 27.9 Å². The molecule has 0 fully saturated rings. The maximum atomic E-state index is 9.91. The van der Waals surface area contributed by atoms with Crippen LogP contribution in [0.2, 0.25) is 0 Å². The molecule has 6 heteroatoms. The fraction of sp³-hybridized carbons (Fsp3) is 0.125. The summed E-state index contributed by atoms with van der Waals surface area (Å²) in [6.45, 7) is 2.45. The molecule has 0 radical (unpaired) electrons. The second-order valence-corrected chi connectivity index (χ2v) is 4.63. The minimum absolute atomic E-state index is 0.112. The lowest BCUT2D eigenvalue weighted by atomic mass is 10.2. The Morgan fingerprint density at radius 2 is 2.18 bits per heavy atom. The van der Waals surface area contributed by atoms with Crippen LogP contribution in [0, 0.1) is 0 Å². The summed E-state index contributed by atoms with van der Waals surface area (Å²) in [7, 11) is 0. The Bertz CT molecular complexity index is 778. The number of fused-ring (bicyclic) bond motifs is 1. The molecule has 22 heavy (non-hydrogen) atoms. The Kier molecular flexibility index (Phi) is 3.91. The number of para-hydroxylation sites is 2. The van der Waals surface area contributed by atoms with E-state index in [1.807, 2.05) is 31.2 Å². The lowest BCUT2D eigenvalue weighted by Gasteiger charge is -2.04. The molecule has 0 amide bonds. The number of aromatic hydroxyl groups is 1. The molecule has 112 valence electrons. The zero-order chi connectivity index (χ0) is 15.4. The molecule has 2 aromatic carbocycles. The third kappa shape index (κ3) is 3.01. The predicted octanol–water partition coefficient (Wildman–Crippen LogP) is 3.11. The Balaban J connectivity index is 1.71. The molecule has 1 aromatic heterocycles. The van der Waals surface area contributed by atoms with Gasteiger partial charge in [0, 0.05) is 11.6 Å². The summed E-state index contributed by atoms with van der Waals surface area (Å²) < 4.78 is 5.31. The van der Waals surface area contributed by atoms with Crippen LogP contribution in [0.3, 0.4) is 0 Å². The molecule has 6 nitrogen and oxygen atoms in total. The van der Waals surface area contributed by atoms with E-state index in [1.165, 1.54) is 6.21 Å². The molecule has 0 aliphatic heterocycles. The molecule has 0 bridgehead atoms. The number of aromatic amines is 1. The number of nitrogens with one attached hydrogen (secondary N) is 2. The van der Waals surface area contributed by atoms with Crippen molar-refractivity contribution < 1.29 is 9.84 Å². The second kappa shape index (κ2) is 6.17. The Labute approximate surface area is 127 Å². The number of anilines is 1. The third-order valence-electron chi connectivity index (χ3n) is 3.08. The van der Waals surface area contributed by atoms with Crippen molar-refractivity contribution in [2.24, 2.45) is 5.10 Å². The Hall–Kier alpha value is -3.02. The first-order chi connectivity index (χ1) is 10.8. The van der Waals surface area contributed by atoms with Gasteiger partial charge in [-0.05, 0) is 31.2 Å². The van der Waals surface area contributed by atoms with Gasteiger partial charge in [0.1, 0.15) is 11.5 Å². The normalized spacial score (nSPS) is 11.1. The van der Waals surface area contributed by atoms with Crippen molar-refractivity contribution in [3.05, 3.63) is 48.0 Å². The molecule has 3 N–H and O–H groups in total. The van der Waals surface area contributed by atoms with E-state index < -0.39 is 0 Å². The first-order valence-corrected chi connectivity index (χ1v) is 6.96. The molecule has 0 saturated heterocycles. The van der Waals surface area contributed by atoms with Gasteiger partial charge in [-0.3, -0.25) is 0 Å². The van der Waals surface area contributed by atoms with E-state index in [9.17, 15) is 5.11 Å². The first-order valence-electron chi connectivity index (χ1n) is 6.96. The van der Waals surface area contributed by atoms with E-state index in [0.717, 1.165) is 11.0 Å². The zero-order valence-electron chi connectivity index (χ0n) is 12.1. The van der Waals surface area contributed by atoms with Gasteiger partial charge in [-0.25, -0.2) is 10.4 Å². The zero-order valence-corrected chi connectivity index (χ0v) is 12.1. The lowest BCUT2D eigenvalue weighted by Crippen LogP contribution is -1.94. The first kappa shape index (κ1) is 13.9. The van der Waals surface area contributed by atoms with Crippen LogP contribution in [-0.2, 0) is 0 Å². The molecule has 1 heterocycles. The van der Waals surface area contributed by atoms with Crippen molar-refractivity contribution in [1.29, 1.82) is 0 Å². The van der Waals surface area contributed by atoms with Crippen molar-refractivity contribution in [1.82, 2.24) is 9.97 Å². The van der Waals surface area contributed by atoms with E-state index >= 15 is 0 Å². The summed E-state index contributed by atoms with van der Waals surface area (Å²) in [6.07, 6.45) is 1.53. The molecule has 0 spiro atoms. The van der Waals surface area contributed by atoms with E-state index in [4.69, 9.17) is 4.74 Å². The number of imidazole rings is 1.